The van der Waals surface area contributed by atoms with Crippen molar-refractivity contribution in [2.75, 3.05) is 6.54 Å². The first-order valence-electron chi connectivity index (χ1n) is 6.55. The highest BCUT2D eigenvalue weighted by Gasteiger charge is 2.44. The maximum Gasteiger partial charge on any atom is 0.235 e. The molecule has 3 N–H and O–H groups in total. The lowest BCUT2D eigenvalue weighted by Crippen LogP contribution is -2.47. The van der Waals surface area contributed by atoms with Gasteiger partial charge in [0.25, 0.3) is 0 Å². The topological polar surface area (TPSA) is 92.5 Å². The smallest absolute Gasteiger partial charge is 0.235 e. The molecule has 0 radical (unpaired) electrons. The van der Waals surface area contributed by atoms with Crippen molar-refractivity contribution in [3.63, 3.8) is 0 Å². The number of nitrogens with zero attached hydrogens (tertiary/aromatic N) is 1. The minimum absolute atomic E-state index is 0.110. The van der Waals surface area contributed by atoms with Crippen molar-refractivity contribution < 1.29 is 14.4 Å². The Morgan fingerprint density at radius 1 is 1.42 bits per heavy atom. The number of hydrogen-bond acceptors (Lipinski definition) is 4. The average molecular weight is 269 g/mol. The van der Waals surface area contributed by atoms with E-state index in [-0.39, 0.29) is 30.8 Å². The summed E-state index contributed by atoms with van der Waals surface area (Å²) in [5.74, 6) is -0.819. The number of likely N-dealkylation sites (tertiary alicyclic amines) is 1. The Hall–Kier alpha value is -1.43. The summed E-state index contributed by atoms with van der Waals surface area (Å²) in [4.78, 5) is 36.3. The fourth-order valence-electron chi connectivity index (χ4n) is 2.22. The van der Waals surface area contributed by atoms with Gasteiger partial charge in [-0.05, 0) is 6.42 Å². The van der Waals surface area contributed by atoms with E-state index in [1.54, 1.807) is 13.8 Å². The van der Waals surface area contributed by atoms with Gasteiger partial charge in [-0.2, -0.15) is 0 Å². The standard InChI is InChI=1S/C13H23N3O3/c1-8(2)15-9(11(14)18)5-6-16-10(17)7-13(3,4)12(16)19/h8-9,15H,5-7H2,1-4H3,(H2,14,18). The lowest BCUT2D eigenvalue weighted by molar-refractivity contribution is -0.141. The zero-order valence-electron chi connectivity index (χ0n) is 12.0. The Bertz CT molecular complexity index is 391. The van der Waals surface area contributed by atoms with Gasteiger partial charge < -0.3 is 11.1 Å². The molecule has 19 heavy (non-hydrogen) atoms. The van der Waals surface area contributed by atoms with Crippen molar-refractivity contribution >= 4 is 17.7 Å². The highest BCUT2D eigenvalue weighted by atomic mass is 16.2. The summed E-state index contributed by atoms with van der Waals surface area (Å²) in [5, 5.41) is 3.03. The highest BCUT2D eigenvalue weighted by molar-refractivity contribution is 6.05. The van der Waals surface area contributed by atoms with Crippen LogP contribution in [0.3, 0.4) is 0 Å². The molecule has 0 spiro atoms. The molecule has 1 unspecified atom stereocenters. The summed E-state index contributed by atoms with van der Waals surface area (Å²) in [6.07, 6.45) is 0.575. The number of carbonyl (C=O) groups excluding carboxylic acids is 3. The van der Waals surface area contributed by atoms with E-state index >= 15 is 0 Å². The Morgan fingerprint density at radius 2 is 2.00 bits per heavy atom. The van der Waals surface area contributed by atoms with Crippen LogP contribution in [0.15, 0.2) is 0 Å². The summed E-state index contributed by atoms with van der Waals surface area (Å²) < 4.78 is 0. The predicted octanol–water partition coefficient (Wildman–Crippen LogP) is 0.0135. The summed E-state index contributed by atoms with van der Waals surface area (Å²) >= 11 is 0. The van der Waals surface area contributed by atoms with Crippen LogP contribution in [-0.4, -0.2) is 41.2 Å². The average Bonchev–Trinajstić information content (AvgIpc) is 2.43. The van der Waals surface area contributed by atoms with E-state index in [0.717, 1.165) is 0 Å². The Kier molecular flexibility index (Phi) is 4.68. The minimum Gasteiger partial charge on any atom is -0.368 e. The van der Waals surface area contributed by atoms with Crippen LogP contribution < -0.4 is 11.1 Å². The van der Waals surface area contributed by atoms with Gasteiger partial charge in [-0.15, -0.1) is 0 Å². The van der Waals surface area contributed by atoms with Gasteiger partial charge >= 0.3 is 0 Å². The molecule has 0 aromatic heterocycles. The highest BCUT2D eigenvalue weighted by Crippen LogP contribution is 2.31. The maximum absolute atomic E-state index is 12.0. The number of imide groups is 1. The zero-order chi connectivity index (χ0) is 14.8. The molecule has 3 amide bonds. The fourth-order valence-corrected chi connectivity index (χ4v) is 2.22. The van der Waals surface area contributed by atoms with Gasteiger partial charge in [0.05, 0.1) is 11.5 Å². The number of rotatable bonds is 6. The van der Waals surface area contributed by atoms with Gasteiger partial charge in [0.1, 0.15) is 0 Å². The third-order valence-electron chi connectivity index (χ3n) is 3.24. The first-order valence-corrected chi connectivity index (χ1v) is 6.55. The molecule has 6 heteroatoms. The van der Waals surface area contributed by atoms with Gasteiger partial charge in [-0.3, -0.25) is 19.3 Å². The van der Waals surface area contributed by atoms with Gasteiger partial charge in [0, 0.05) is 19.0 Å². The van der Waals surface area contributed by atoms with Gasteiger partial charge in [-0.1, -0.05) is 27.7 Å². The van der Waals surface area contributed by atoms with Crippen molar-refractivity contribution in [3.8, 4) is 0 Å². The summed E-state index contributed by atoms with van der Waals surface area (Å²) in [6, 6.07) is -0.414. The molecule has 1 rings (SSSR count). The number of primary amides is 1. The molecule has 1 saturated heterocycles. The molecular weight excluding hydrogens is 246 g/mol. The van der Waals surface area contributed by atoms with Crippen LogP contribution in [0.1, 0.15) is 40.5 Å². The predicted molar refractivity (Wildman–Crippen MR) is 71.0 cm³/mol. The molecule has 1 fully saturated rings. The molecule has 1 atom stereocenters. The van der Waals surface area contributed by atoms with E-state index in [1.807, 2.05) is 13.8 Å². The largest absolute Gasteiger partial charge is 0.368 e. The summed E-state index contributed by atoms with van der Waals surface area (Å²) in [5.41, 5.74) is 4.67. The number of carbonyl (C=O) groups is 3. The Balaban J connectivity index is 2.62. The van der Waals surface area contributed by atoms with Crippen molar-refractivity contribution in [1.29, 1.82) is 0 Å². The molecule has 1 heterocycles. The SMILES string of the molecule is CC(C)NC(CCN1C(=O)CC(C)(C)C1=O)C(N)=O. The molecule has 1 aliphatic rings. The van der Waals surface area contributed by atoms with Gasteiger partial charge in [0.2, 0.25) is 17.7 Å². The molecule has 108 valence electrons. The van der Waals surface area contributed by atoms with E-state index in [0.29, 0.717) is 6.42 Å². The Morgan fingerprint density at radius 3 is 2.37 bits per heavy atom. The van der Waals surface area contributed by atoms with E-state index in [2.05, 4.69) is 5.32 Å². The molecule has 0 aromatic carbocycles. The van der Waals surface area contributed by atoms with Crippen LogP contribution in [0.2, 0.25) is 0 Å². The summed E-state index contributed by atoms with van der Waals surface area (Å²) in [6.45, 7) is 7.56. The number of hydrogen-bond donors (Lipinski definition) is 2. The Labute approximate surface area is 113 Å². The summed E-state index contributed by atoms with van der Waals surface area (Å²) in [7, 11) is 0. The monoisotopic (exact) mass is 269 g/mol. The fraction of sp³-hybridized carbons (Fsp3) is 0.769. The van der Waals surface area contributed by atoms with Crippen LogP contribution in [0.25, 0.3) is 0 Å². The van der Waals surface area contributed by atoms with Crippen LogP contribution in [0.5, 0.6) is 0 Å². The van der Waals surface area contributed by atoms with Crippen LogP contribution >= 0.6 is 0 Å². The molecule has 0 aliphatic carbocycles. The van der Waals surface area contributed by atoms with Gasteiger partial charge in [-0.25, -0.2) is 0 Å². The lowest BCUT2D eigenvalue weighted by atomic mass is 9.92. The first kappa shape index (κ1) is 15.6. The van der Waals surface area contributed by atoms with E-state index < -0.39 is 17.4 Å². The first-order chi connectivity index (χ1) is 8.65. The van der Waals surface area contributed by atoms with Gasteiger partial charge in [0.15, 0.2) is 0 Å². The second-order valence-corrected chi connectivity index (χ2v) is 5.98. The third-order valence-corrected chi connectivity index (χ3v) is 3.24. The van der Waals surface area contributed by atoms with E-state index in [4.69, 9.17) is 5.73 Å². The molecule has 0 bridgehead atoms. The normalized spacial score (nSPS) is 20.2. The van der Waals surface area contributed by atoms with Crippen LogP contribution in [0, 0.1) is 5.41 Å². The third kappa shape index (κ3) is 3.76. The quantitative estimate of drug-likeness (QED) is 0.664. The lowest BCUT2D eigenvalue weighted by Gasteiger charge is -2.22. The second kappa shape index (κ2) is 5.69. The number of nitrogens with one attached hydrogen (secondary N) is 1. The number of nitrogens with two attached hydrogens (primary N) is 1. The maximum atomic E-state index is 12.0. The molecular formula is C13H23N3O3. The van der Waals surface area contributed by atoms with Crippen molar-refractivity contribution in [2.45, 2.75) is 52.6 Å². The zero-order valence-corrected chi connectivity index (χ0v) is 12.0. The van der Waals surface area contributed by atoms with E-state index in [1.165, 1.54) is 4.90 Å². The van der Waals surface area contributed by atoms with Crippen LogP contribution in [-0.2, 0) is 14.4 Å². The van der Waals surface area contributed by atoms with E-state index in [9.17, 15) is 14.4 Å². The molecule has 0 aromatic rings. The van der Waals surface area contributed by atoms with Crippen molar-refractivity contribution in [3.05, 3.63) is 0 Å². The van der Waals surface area contributed by atoms with Crippen molar-refractivity contribution in [1.82, 2.24) is 10.2 Å². The van der Waals surface area contributed by atoms with Crippen LogP contribution in [0.4, 0.5) is 0 Å². The minimum atomic E-state index is -0.634. The number of amides is 3. The molecule has 0 saturated carbocycles. The second-order valence-electron chi connectivity index (χ2n) is 5.98. The molecule has 1 aliphatic heterocycles. The molecule has 6 nitrogen and oxygen atoms in total. The van der Waals surface area contributed by atoms with Crippen molar-refractivity contribution in [2.24, 2.45) is 11.1 Å².